The molecular weight excluding hydrogens is 423 g/mol. The normalized spacial score (nSPS) is 19.7. The molecule has 1 aromatic carbocycles. The van der Waals surface area contributed by atoms with E-state index in [-0.39, 0.29) is 5.82 Å². The summed E-state index contributed by atoms with van der Waals surface area (Å²) in [4.78, 5) is 14.4. The lowest BCUT2D eigenvalue weighted by molar-refractivity contribution is 0.436. The molecule has 0 radical (unpaired) electrons. The second kappa shape index (κ2) is 10.4. The van der Waals surface area contributed by atoms with E-state index in [1.54, 1.807) is 12.1 Å². The molecule has 4 rings (SSSR count). The van der Waals surface area contributed by atoms with Gasteiger partial charge in [0, 0.05) is 38.3 Å². The van der Waals surface area contributed by atoms with E-state index in [0.29, 0.717) is 23.6 Å². The van der Waals surface area contributed by atoms with E-state index in [4.69, 9.17) is 22.2 Å². The summed E-state index contributed by atoms with van der Waals surface area (Å²) in [5.74, 6) is 2.96. The van der Waals surface area contributed by atoms with Gasteiger partial charge in [0.25, 0.3) is 0 Å². The second-order valence-corrected chi connectivity index (χ2v) is 9.46. The third-order valence-corrected chi connectivity index (χ3v) is 6.74. The highest BCUT2D eigenvalue weighted by Crippen LogP contribution is 2.29. The standard InChI is InChI=1S/C24H33FN6S/c1-17-10-13-30(14-11-17)21-15-22(31-12-4-3-5-18(31)2)28-23(27-21)29-24(32)26-16-19-6-8-20(25)9-7-19/h6-9,15,17-18H,3-5,10-14,16H2,1-2H3,(H2,26,27,28,29,32)/t18-/m1/s1. The lowest BCUT2D eigenvalue weighted by Gasteiger charge is -2.36. The summed E-state index contributed by atoms with van der Waals surface area (Å²) in [6, 6.07) is 8.99. The summed E-state index contributed by atoms with van der Waals surface area (Å²) >= 11 is 5.50. The maximum absolute atomic E-state index is 13.1. The van der Waals surface area contributed by atoms with Crippen molar-refractivity contribution in [3.63, 3.8) is 0 Å². The van der Waals surface area contributed by atoms with E-state index in [1.807, 2.05) is 0 Å². The summed E-state index contributed by atoms with van der Waals surface area (Å²) in [5, 5.41) is 6.80. The van der Waals surface area contributed by atoms with Gasteiger partial charge >= 0.3 is 0 Å². The Balaban J connectivity index is 1.50. The molecule has 0 unspecified atom stereocenters. The summed E-state index contributed by atoms with van der Waals surface area (Å²) in [5.41, 5.74) is 0.954. The van der Waals surface area contributed by atoms with Crippen LogP contribution in [0.2, 0.25) is 0 Å². The van der Waals surface area contributed by atoms with Crippen molar-refractivity contribution in [2.75, 3.05) is 34.8 Å². The third kappa shape index (κ3) is 5.85. The fraction of sp³-hybridized carbons (Fsp3) is 0.542. The third-order valence-electron chi connectivity index (χ3n) is 6.50. The molecule has 0 amide bonds. The number of hydrogen-bond acceptors (Lipinski definition) is 5. The molecule has 2 aliphatic heterocycles. The smallest absolute Gasteiger partial charge is 0.232 e. The van der Waals surface area contributed by atoms with Crippen LogP contribution >= 0.6 is 12.2 Å². The van der Waals surface area contributed by atoms with Gasteiger partial charge in [-0.15, -0.1) is 0 Å². The molecule has 8 heteroatoms. The average molecular weight is 457 g/mol. The SMILES string of the molecule is CC1CCN(c2cc(N3CCCC[C@H]3C)nc(NC(=S)NCc3ccc(F)cc3)n2)CC1. The first kappa shape index (κ1) is 22.7. The number of nitrogens with zero attached hydrogens (tertiary/aromatic N) is 4. The zero-order valence-corrected chi connectivity index (χ0v) is 19.8. The van der Waals surface area contributed by atoms with Crippen LogP contribution in [0.1, 0.15) is 51.5 Å². The number of anilines is 3. The van der Waals surface area contributed by atoms with Gasteiger partial charge in [-0.1, -0.05) is 19.1 Å². The molecule has 2 N–H and O–H groups in total. The number of benzene rings is 1. The molecule has 6 nitrogen and oxygen atoms in total. The van der Waals surface area contributed by atoms with Crippen molar-refractivity contribution in [1.82, 2.24) is 15.3 Å². The lowest BCUT2D eigenvalue weighted by Crippen LogP contribution is -2.39. The van der Waals surface area contributed by atoms with Crippen molar-refractivity contribution in [2.24, 2.45) is 5.92 Å². The fourth-order valence-electron chi connectivity index (χ4n) is 4.39. The number of aromatic nitrogens is 2. The molecular formula is C24H33FN6S. The minimum absolute atomic E-state index is 0.244. The Hall–Kier alpha value is -2.48. The van der Waals surface area contributed by atoms with Gasteiger partial charge in [0.05, 0.1) is 0 Å². The molecule has 2 aromatic rings. The molecule has 2 saturated heterocycles. The van der Waals surface area contributed by atoms with Crippen LogP contribution in [0.25, 0.3) is 0 Å². The van der Waals surface area contributed by atoms with Crippen molar-refractivity contribution in [1.29, 1.82) is 0 Å². The Morgan fingerprint density at radius 1 is 1.03 bits per heavy atom. The van der Waals surface area contributed by atoms with Crippen LogP contribution in [0.3, 0.4) is 0 Å². The number of thiocarbonyl (C=S) groups is 1. The molecule has 0 saturated carbocycles. The zero-order valence-electron chi connectivity index (χ0n) is 19.0. The Labute approximate surface area is 195 Å². The average Bonchev–Trinajstić information content (AvgIpc) is 2.79. The second-order valence-electron chi connectivity index (χ2n) is 9.05. The molecule has 1 atom stereocenters. The largest absolute Gasteiger partial charge is 0.358 e. The molecule has 0 aliphatic carbocycles. The zero-order chi connectivity index (χ0) is 22.5. The fourth-order valence-corrected chi connectivity index (χ4v) is 4.56. The van der Waals surface area contributed by atoms with E-state index in [2.05, 4.69) is 40.3 Å². The van der Waals surface area contributed by atoms with E-state index >= 15 is 0 Å². The number of halogens is 1. The first-order chi connectivity index (χ1) is 15.5. The van der Waals surface area contributed by atoms with Crippen molar-refractivity contribution in [2.45, 2.75) is 58.5 Å². The molecule has 2 aliphatic rings. The maximum Gasteiger partial charge on any atom is 0.232 e. The predicted octanol–water partition coefficient (Wildman–Crippen LogP) is 4.72. The topological polar surface area (TPSA) is 56.3 Å². The lowest BCUT2D eigenvalue weighted by atomic mass is 9.99. The van der Waals surface area contributed by atoms with Crippen molar-refractivity contribution in [3.05, 3.63) is 41.7 Å². The van der Waals surface area contributed by atoms with Crippen LogP contribution in [0.15, 0.2) is 30.3 Å². The van der Waals surface area contributed by atoms with E-state index in [1.165, 1.54) is 44.2 Å². The maximum atomic E-state index is 13.1. The number of rotatable bonds is 5. The Bertz CT molecular complexity index is 913. The van der Waals surface area contributed by atoms with E-state index in [0.717, 1.165) is 42.8 Å². The van der Waals surface area contributed by atoms with Crippen LogP contribution < -0.4 is 20.4 Å². The highest BCUT2D eigenvalue weighted by atomic mass is 32.1. The van der Waals surface area contributed by atoms with Gasteiger partial charge in [-0.05, 0) is 74.9 Å². The van der Waals surface area contributed by atoms with Gasteiger partial charge in [0.2, 0.25) is 5.95 Å². The quantitative estimate of drug-likeness (QED) is 0.632. The van der Waals surface area contributed by atoms with Crippen LogP contribution in [-0.4, -0.2) is 40.8 Å². The summed E-state index contributed by atoms with van der Waals surface area (Å²) in [7, 11) is 0. The Morgan fingerprint density at radius 2 is 1.75 bits per heavy atom. The molecule has 3 heterocycles. The van der Waals surface area contributed by atoms with Crippen LogP contribution in [-0.2, 0) is 6.54 Å². The minimum Gasteiger partial charge on any atom is -0.358 e. The van der Waals surface area contributed by atoms with E-state index in [9.17, 15) is 4.39 Å². The monoisotopic (exact) mass is 456 g/mol. The molecule has 1 aromatic heterocycles. The molecule has 2 fully saturated rings. The van der Waals surface area contributed by atoms with Gasteiger partial charge in [0.15, 0.2) is 5.11 Å². The highest BCUT2D eigenvalue weighted by molar-refractivity contribution is 7.80. The predicted molar refractivity (Wildman–Crippen MR) is 133 cm³/mol. The van der Waals surface area contributed by atoms with Gasteiger partial charge < -0.3 is 20.4 Å². The minimum atomic E-state index is -0.244. The van der Waals surface area contributed by atoms with Crippen molar-refractivity contribution in [3.8, 4) is 0 Å². The van der Waals surface area contributed by atoms with Gasteiger partial charge in [-0.25, -0.2) is 4.39 Å². The molecule has 32 heavy (non-hydrogen) atoms. The Morgan fingerprint density at radius 3 is 2.47 bits per heavy atom. The Kier molecular flexibility index (Phi) is 7.40. The summed E-state index contributed by atoms with van der Waals surface area (Å²) in [6.07, 6.45) is 5.99. The van der Waals surface area contributed by atoms with Crippen LogP contribution in [0.4, 0.5) is 22.0 Å². The van der Waals surface area contributed by atoms with Gasteiger partial charge in [0.1, 0.15) is 17.5 Å². The molecule has 0 spiro atoms. The summed E-state index contributed by atoms with van der Waals surface area (Å²) < 4.78 is 13.1. The van der Waals surface area contributed by atoms with Gasteiger partial charge in [-0.3, -0.25) is 0 Å². The van der Waals surface area contributed by atoms with Crippen molar-refractivity contribution < 1.29 is 4.39 Å². The first-order valence-corrected chi connectivity index (χ1v) is 12.1. The summed E-state index contributed by atoms with van der Waals surface area (Å²) in [6.45, 7) is 8.13. The number of nitrogens with one attached hydrogen (secondary N) is 2. The molecule has 172 valence electrons. The number of piperidine rings is 2. The van der Waals surface area contributed by atoms with Crippen molar-refractivity contribution >= 4 is 34.9 Å². The van der Waals surface area contributed by atoms with E-state index < -0.39 is 0 Å². The highest BCUT2D eigenvalue weighted by Gasteiger charge is 2.24. The number of hydrogen-bond donors (Lipinski definition) is 2. The van der Waals surface area contributed by atoms with Crippen LogP contribution in [0, 0.1) is 11.7 Å². The first-order valence-electron chi connectivity index (χ1n) is 11.7. The van der Waals surface area contributed by atoms with Gasteiger partial charge in [-0.2, -0.15) is 9.97 Å². The molecule has 0 bridgehead atoms. The van der Waals surface area contributed by atoms with Crippen LogP contribution in [0.5, 0.6) is 0 Å².